The van der Waals surface area contributed by atoms with E-state index in [1.807, 2.05) is 45.0 Å². The van der Waals surface area contributed by atoms with Crippen LogP contribution < -0.4 is 10.6 Å². The minimum Gasteiger partial charge on any atom is -0.455 e. The first-order valence-electron chi connectivity index (χ1n) is 14.4. The Morgan fingerprint density at radius 1 is 1.02 bits per heavy atom. The van der Waals surface area contributed by atoms with E-state index < -0.39 is 24.1 Å². The summed E-state index contributed by atoms with van der Waals surface area (Å²) in [5.74, 6) is -0.674. The van der Waals surface area contributed by atoms with E-state index in [9.17, 15) is 22.8 Å². The van der Waals surface area contributed by atoms with Crippen LogP contribution in [-0.4, -0.2) is 37.1 Å². The summed E-state index contributed by atoms with van der Waals surface area (Å²) in [5, 5.41) is 6.32. The number of hydrogen-bond acceptors (Lipinski definition) is 4. The molecule has 0 unspecified atom stereocenters. The number of amides is 2. The number of carbonyl (C=O) groups excluding carboxylic acids is 2. The van der Waals surface area contributed by atoms with Crippen LogP contribution in [0.3, 0.4) is 0 Å². The summed E-state index contributed by atoms with van der Waals surface area (Å²) in [5.41, 5.74) is 5.73. The predicted octanol–water partition coefficient (Wildman–Crippen LogP) is 7.72. The van der Waals surface area contributed by atoms with Crippen LogP contribution in [0.5, 0.6) is 0 Å². The Morgan fingerprint density at radius 3 is 2.35 bits per heavy atom. The fraction of sp³-hybridized carbons (Fsp3) is 0.353. The van der Waals surface area contributed by atoms with Gasteiger partial charge in [-0.15, -0.1) is 0 Å². The van der Waals surface area contributed by atoms with Gasteiger partial charge in [0.15, 0.2) is 0 Å². The Kier molecular flexibility index (Phi) is 8.38. The number of ether oxygens (including phenoxy) is 1. The van der Waals surface area contributed by atoms with Crippen molar-refractivity contribution in [2.45, 2.75) is 71.6 Å². The van der Waals surface area contributed by atoms with Crippen LogP contribution in [0.25, 0.3) is 33.4 Å². The second-order valence-corrected chi connectivity index (χ2v) is 11.6. The van der Waals surface area contributed by atoms with Crippen molar-refractivity contribution < 1.29 is 31.9 Å². The molecule has 6 nitrogen and oxygen atoms in total. The number of hydrogen-bond donors (Lipinski definition) is 2. The van der Waals surface area contributed by atoms with Crippen LogP contribution >= 0.6 is 0 Å². The molecule has 0 aliphatic heterocycles. The minimum absolute atomic E-state index is 0.289. The van der Waals surface area contributed by atoms with Crippen LogP contribution in [0.2, 0.25) is 0 Å². The fourth-order valence-electron chi connectivity index (χ4n) is 6.08. The molecule has 0 atom stereocenters. The zero-order valence-corrected chi connectivity index (χ0v) is 24.9. The summed E-state index contributed by atoms with van der Waals surface area (Å²) in [6.45, 7) is 4.89. The van der Waals surface area contributed by atoms with Crippen LogP contribution in [0, 0.1) is 19.7 Å². The third kappa shape index (κ3) is 6.04. The standard InChI is InChI=1S/C34H35F3N2O4/c1-6-7-21-13-28-27(29(32(41)38-5)30(43-28)20-8-10-22(35)11-9-20)15-26(21)24-14-25(19(3)12-18(24)2)31(40)39-34(4)16-23(17-34)42-33(36)37/h8-15,23,33H,6-7,16-17H2,1-5H3,(H,38,41)(H,39,40). The molecule has 43 heavy (non-hydrogen) atoms. The number of alkyl halides is 2. The van der Waals surface area contributed by atoms with Gasteiger partial charge in [-0.2, -0.15) is 8.78 Å². The molecule has 2 amide bonds. The lowest BCUT2D eigenvalue weighted by atomic mass is 9.75. The van der Waals surface area contributed by atoms with Gasteiger partial charge in [-0.25, -0.2) is 4.39 Å². The van der Waals surface area contributed by atoms with Crippen LogP contribution in [-0.2, 0) is 11.2 Å². The van der Waals surface area contributed by atoms with Crippen molar-refractivity contribution in [3.63, 3.8) is 0 Å². The first-order valence-corrected chi connectivity index (χ1v) is 14.4. The molecule has 4 aromatic rings. The molecular weight excluding hydrogens is 557 g/mol. The van der Waals surface area contributed by atoms with Gasteiger partial charge in [0.25, 0.3) is 11.8 Å². The van der Waals surface area contributed by atoms with Gasteiger partial charge in [-0.05, 0) is 110 Å². The van der Waals surface area contributed by atoms with Gasteiger partial charge >= 0.3 is 6.61 Å². The lowest BCUT2D eigenvalue weighted by molar-refractivity contribution is -0.194. The monoisotopic (exact) mass is 592 g/mol. The molecule has 0 saturated heterocycles. The number of aryl methyl sites for hydroxylation is 3. The third-order valence-electron chi connectivity index (χ3n) is 8.17. The molecule has 3 aromatic carbocycles. The van der Waals surface area contributed by atoms with Crippen molar-refractivity contribution in [3.05, 3.63) is 82.2 Å². The molecule has 1 heterocycles. The van der Waals surface area contributed by atoms with Crippen molar-refractivity contribution in [3.8, 4) is 22.5 Å². The number of halogens is 3. The fourth-order valence-corrected chi connectivity index (χ4v) is 6.08. The first-order chi connectivity index (χ1) is 20.4. The number of benzene rings is 3. The summed E-state index contributed by atoms with van der Waals surface area (Å²) >= 11 is 0. The van der Waals surface area contributed by atoms with E-state index in [4.69, 9.17) is 4.42 Å². The summed E-state index contributed by atoms with van der Waals surface area (Å²) < 4.78 is 49.7. The second-order valence-electron chi connectivity index (χ2n) is 11.6. The van der Waals surface area contributed by atoms with E-state index >= 15 is 0 Å². The lowest BCUT2D eigenvalue weighted by Gasteiger charge is -2.45. The van der Waals surface area contributed by atoms with E-state index in [0.717, 1.165) is 40.7 Å². The maximum atomic E-state index is 13.7. The van der Waals surface area contributed by atoms with Crippen molar-refractivity contribution in [2.75, 3.05) is 7.05 Å². The molecule has 2 N–H and O–H groups in total. The van der Waals surface area contributed by atoms with Crippen LogP contribution in [0.4, 0.5) is 13.2 Å². The van der Waals surface area contributed by atoms with Gasteiger partial charge in [-0.3, -0.25) is 9.59 Å². The first kappa shape index (κ1) is 30.4. The molecule has 1 aromatic heterocycles. The molecule has 1 fully saturated rings. The van der Waals surface area contributed by atoms with Crippen molar-refractivity contribution in [2.24, 2.45) is 0 Å². The number of fused-ring (bicyclic) bond motifs is 1. The van der Waals surface area contributed by atoms with E-state index in [2.05, 4.69) is 22.3 Å². The van der Waals surface area contributed by atoms with Gasteiger partial charge in [0, 0.05) is 29.1 Å². The van der Waals surface area contributed by atoms with E-state index in [0.29, 0.717) is 46.3 Å². The van der Waals surface area contributed by atoms with Crippen LogP contribution in [0.15, 0.2) is 52.9 Å². The summed E-state index contributed by atoms with van der Waals surface area (Å²) in [6.07, 6.45) is 1.60. The van der Waals surface area contributed by atoms with E-state index in [-0.39, 0.29) is 11.8 Å². The molecule has 5 rings (SSSR count). The smallest absolute Gasteiger partial charge is 0.345 e. The highest BCUT2D eigenvalue weighted by Crippen LogP contribution is 2.40. The summed E-state index contributed by atoms with van der Waals surface area (Å²) in [6, 6.07) is 13.5. The molecule has 9 heteroatoms. The molecule has 0 bridgehead atoms. The molecule has 1 saturated carbocycles. The lowest BCUT2D eigenvalue weighted by Crippen LogP contribution is -2.58. The second kappa shape index (κ2) is 11.9. The third-order valence-corrected chi connectivity index (χ3v) is 8.17. The number of nitrogens with one attached hydrogen (secondary N) is 2. The van der Waals surface area contributed by atoms with Crippen LogP contribution in [0.1, 0.15) is 70.5 Å². The topological polar surface area (TPSA) is 80.6 Å². The molecule has 1 aliphatic rings. The molecular formula is C34H35F3N2O4. The Balaban J connectivity index is 1.60. The normalized spacial score (nSPS) is 18.1. The Bertz CT molecular complexity index is 1690. The molecule has 0 radical (unpaired) electrons. The van der Waals surface area contributed by atoms with Gasteiger partial charge in [0.2, 0.25) is 0 Å². The molecule has 1 aliphatic carbocycles. The molecule has 0 spiro atoms. The highest BCUT2D eigenvalue weighted by molar-refractivity contribution is 6.12. The van der Waals surface area contributed by atoms with E-state index in [1.54, 1.807) is 19.2 Å². The quantitative estimate of drug-likeness (QED) is 0.209. The van der Waals surface area contributed by atoms with Crippen molar-refractivity contribution >= 4 is 22.8 Å². The highest BCUT2D eigenvalue weighted by atomic mass is 19.3. The summed E-state index contributed by atoms with van der Waals surface area (Å²) in [4.78, 5) is 26.7. The SMILES string of the molecule is CCCc1cc2oc(-c3ccc(F)cc3)c(C(=O)NC)c2cc1-c1cc(C(=O)NC2(C)CC(OC(F)F)C2)c(C)cc1C. The maximum Gasteiger partial charge on any atom is 0.345 e. The zero-order chi connectivity index (χ0) is 31.1. The number of carbonyl (C=O) groups is 2. The van der Waals surface area contributed by atoms with E-state index in [1.165, 1.54) is 12.1 Å². The van der Waals surface area contributed by atoms with Gasteiger partial charge in [0.05, 0.1) is 11.7 Å². The maximum absolute atomic E-state index is 13.7. The average molecular weight is 593 g/mol. The Labute approximate surface area is 248 Å². The Morgan fingerprint density at radius 2 is 1.72 bits per heavy atom. The summed E-state index contributed by atoms with van der Waals surface area (Å²) in [7, 11) is 1.54. The van der Waals surface area contributed by atoms with Crippen molar-refractivity contribution in [1.29, 1.82) is 0 Å². The average Bonchev–Trinajstić information content (AvgIpc) is 3.30. The van der Waals surface area contributed by atoms with Crippen molar-refractivity contribution in [1.82, 2.24) is 10.6 Å². The van der Waals surface area contributed by atoms with Gasteiger partial charge in [-0.1, -0.05) is 19.4 Å². The van der Waals surface area contributed by atoms with Gasteiger partial charge < -0.3 is 19.8 Å². The number of rotatable bonds is 9. The van der Waals surface area contributed by atoms with Gasteiger partial charge in [0.1, 0.15) is 17.2 Å². The predicted molar refractivity (Wildman–Crippen MR) is 160 cm³/mol. The zero-order valence-electron chi connectivity index (χ0n) is 24.9. The largest absolute Gasteiger partial charge is 0.455 e. The Hall–Kier alpha value is -4.11. The number of furan rings is 1. The minimum atomic E-state index is -2.84. The highest BCUT2D eigenvalue weighted by Gasteiger charge is 2.43. The molecule has 226 valence electrons.